The van der Waals surface area contributed by atoms with E-state index in [1.807, 2.05) is 30.3 Å². The quantitative estimate of drug-likeness (QED) is 0.648. The zero-order chi connectivity index (χ0) is 19.4. The maximum Gasteiger partial charge on any atom is 0.264 e. The molecular formula is C21H27ClN2O2S. The fourth-order valence-corrected chi connectivity index (χ4v) is 5.34. The van der Waals surface area contributed by atoms with Gasteiger partial charge in [-0.15, -0.1) is 0 Å². The van der Waals surface area contributed by atoms with Gasteiger partial charge in [0.1, 0.15) is 0 Å². The minimum Gasteiger partial charge on any atom is -0.306 e. The van der Waals surface area contributed by atoms with Crippen molar-refractivity contribution in [2.75, 3.05) is 17.9 Å². The van der Waals surface area contributed by atoms with Crippen molar-refractivity contribution in [3.63, 3.8) is 0 Å². The Labute approximate surface area is 167 Å². The first-order chi connectivity index (χ1) is 13.0. The minimum atomic E-state index is -3.66. The second-order valence-electron chi connectivity index (χ2n) is 7.01. The molecule has 146 valence electrons. The first kappa shape index (κ1) is 20.2. The molecule has 1 aliphatic rings. The SMILES string of the molecule is CCCCCCCNC1c2ccccc2N(C)S(=O)(=O)c2cc(Cl)ccc21. The van der Waals surface area contributed by atoms with Gasteiger partial charge in [0.05, 0.1) is 16.6 Å². The van der Waals surface area contributed by atoms with Crippen molar-refractivity contribution in [2.45, 2.75) is 50.0 Å². The highest BCUT2D eigenvalue weighted by atomic mass is 35.5. The van der Waals surface area contributed by atoms with Crippen LogP contribution in [0.4, 0.5) is 5.69 Å². The van der Waals surface area contributed by atoms with Crippen molar-refractivity contribution in [3.8, 4) is 0 Å². The van der Waals surface area contributed by atoms with Crippen LogP contribution in [0.2, 0.25) is 5.02 Å². The van der Waals surface area contributed by atoms with Crippen LogP contribution in [0, 0.1) is 0 Å². The van der Waals surface area contributed by atoms with Gasteiger partial charge in [-0.1, -0.05) is 68.5 Å². The molecule has 2 aromatic carbocycles. The summed E-state index contributed by atoms with van der Waals surface area (Å²) in [5.41, 5.74) is 2.43. The summed E-state index contributed by atoms with van der Waals surface area (Å²) in [6.07, 6.45) is 5.98. The van der Waals surface area contributed by atoms with Crippen molar-refractivity contribution in [1.29, 1.82) is 0 Å². The Balaban J connectivity index is 1.98. The number of nitrogens with one attached hydrogen (secondary N) is 1. The molecule has 6 heteroatoms. The predicted octanol–water partition coefficient (Wildman–Crippen LogP) is 5.13. The van der Waals surface area contributed by atoms with Crippen LogP contribution in [0.5, 0.6) is 0 Å². The highest BCUT2D eigenvalue weighted by Gasteiger charge is 2.34. The lowest BCUT2D eigenvalue weighted by molar-refractivity contribution is 0.544. The summed E-state index contributed by atoms with van der Waals surface area (Å²) in [5.74, 6) is 0. The molecule has 0 radical (unpaired) electrons. The van der Waals surface area contributed by atoms with Gasteiger partial charge in [0.2, 0.25) is 0 Å². The van der Waals surface area contributed by atoms with Crippen LogP contribution in [0.25, 0.3) is 0 Å². The number of anilines is 1. The fraction of sp³-hybridized carbons (Fsp3) is 0.429. The second kappa shape index (κ2) is 8.63. The van der Waals surface area contributed by atoms with Crippen LogP contribution in [0.15, 0.2) is 47.4 Å². The predicted molar refractivity (Wildman–Crippen MR) is 112 cm³/mol. The molecule has 3 rings (SSSR count). The average molecular weight is 407 g/mol. The van der Waals surface area contributed by atoms with Gasteiger partial charge < -0.3 is 5.32 Å². The van der Waals surface area contributed by atoms with E-state index in [0.717, 1.165) is 24.1 Å². The van der Waals surface area contributed by atoms with E-state index in [2.05, 4.69) is 12.2 Å². The van der Waals surface area contributed by atoms with Gasteiger partial charge in [0, 0.05) is 12.1 Å². The van der Waals surface area contributed by atoms with Crippen LogP contribution in [-0.2, 0) is 10.0 Å². The molecule has 0 aliphatic carbocycles. The van der Waals surface area contributed by atoms with Gasteiger partial charge in [-0.05, 0) is 42.3 Å². The summed E-state index contributed by atoms with van der Waals surface area (Å²) in [7, 11) is -2.06. The molecule has 0 aromatic heterocycles. The summed E-state index contributed by atoms with van der Waals surface area (Å²) in [6.45, 7) is 3.05. The van der Waals surface area contributed by atoms with Gasteiger partial charge in [-0.25, -0.2) is 8.42 Å². The molecule has 1 unspecified atom stereocenters. The third-order valence-corrected chi connectivity index (χ3v) is 7.20. The van der Waals surface area contributed by atoms with E-state index in [1.54, 1.807) is 19.2 Å². The summed E-state index contributed by atoms with van der Waals surface area (Å²) >= 11 is 6.14. The van der Waals surface area contributed by atoms with Gasteiger partial charge in [0.25, 0.3) is 10.0 Å². The zero-order valence-corrected chi connectivity index (χ0v) is 17.5. The second-order valence-corrected chi connectivity index (χ2v) is 9.39. The van der Waals surface area contributed by atoms with Crippen LogP contribution < -0.4 is 9.62 Å². The summed E-state index contributed by atoms with van der Waals surface area (Å²) in [5, 5.41) is 4.02. The van der Waals surface area contributed by atoms with Crippen molar-refractivity contribution in [1.82, 2.24) is 5.32 Å². The largest absolute Gasteiger partial charge is 0.306 e. The minimum absolute atomic E-state index is 0.181. The van der Waals surface area contributed by atoms with E-state index >= 15 is 0 Å². The standard InChI is InChI=1S/C21H27ClN2O2S/c1-3-4-5-6-9-14-23-21-17-10-7-8-11-19(17)24(2)27(25,26)20-15-16(22)12-13-18(20)21/h7-8,10-13,15,21,23H,3-6,9,14H2,1-2H3. The van der Waals surface area contributed by atoms with E-state index in [-0.39, 0.29) is 10.9 Å². The van der Waals surface area contributed by atoms with Gasteiger partial charge in [-0.2, -0.15) is 0 Å². The van der Waals surface area contributed by atoms with Crippen molar-refractivity contribution >= 4 is 27.3 Å². The number of nitrogens with zero attached hydrogens (tertiary/aromatic N) is 1. The number of fused-ring (bicyclic) bond motifs is 2. The van der Waals surface area contributed by atoms with Gasteiger partial charge >= 0.3 is 0 Å². The summed E-state index contributed by atoms with van der Waals surface area (Å²) < 4.78 is 27.7. The van der Waals surface area contributed by atoms with Gasteiger partial charge in [-0.3, -0.25) is 4.31 Å². The molecule has 2 aromatic rings. The Morgan fingerprint density at radius 1 is 1.04 bits per heavy atom. The van der Waals surface area contributed by atoms with E-state index < -0.39 is 10.0 Å². The highest BCUT2D eigenvalue weighted by Crippen LogP contribution is 2.40. The van der Waals surface area contributed by atoms with E-state index in [1.165, 1.54) is 30.0 Å². The van der Waals surface area contributed by atoms with Crippen molar-refractivity contribution in [3.05, 3.63) is 58.6 Å². The number of halogens is 1. The fourth-order valence-electron chi connectivity index (χ4n) is 3.63. The first-order valence-electron chi connectivity index (χ1n) is 9.57. The Bertz CT molecular complexity index is 899. The lowest BCUT2D eigenvalue weighted by atomic mass is 9.96. The third-order valence-electron chi connectivity index (χ3n) is 5.14. The molecule has 0 amide bonds. The third kappa shape index (κ3) is 4.15. The molecule has 1 N–H and O–H groups in total. The van der Waals surface area contributed by atoms with Crippen molar-refractivity contribution < 1.29 is 8.42 Å². The molecule has 0 bridgehead atoms. The average Bonchev–Trinajstić information content (AvgIpc) is 2.73. The molecule has 1 aliphatic heterocycles. The van der Waals surface area contributed by atoms with E-state index in [9.17, 15) is 8.42 Å². The number of unbranched alkanes of at least 4 members (excludes halogenated alkanes) is 4. The molecule has 0 spiro atoms. The molecule has 0 saturated carbocycles. The summed E-state index contributed by atoms with van der Waals surface area (Å²) in [4.78, 5) is 0.275. The molecule has 0 saturated heterocycles. The maximum absolute atomic E-state index is 13.2. The number of sulfonamides is 1. The van der Waals surface area contributed by atoms with E-state index in [0.29, 0.717) is 10.7 Å². The number of benzene rings is 2. The summed E-state index contributed by atoms with van der Waals surface area (Å²) in [6, 6.07) is 12.7. The number of hydrogen-bond acceptors (Lipinski definition) is 3. The van der Waals surface area contributed by atoms with Crippen LogP contribution in [0.3, 0.4) is 0 Å². The monoisotopic (exact) mass is 406 g/mol. The smallest absolute Gasteiger partial charge is 0.264 e. The Morgan fingerprint density at radius 2 is 1.78 bits per heavy atom. The lowest BCUT2D eigenvalue weighted by Crippen LogP contribution is -2.26. The molecule has 27 heavy (non-hydrogen) atoms. The molecule has 1 heterocycles. The first-order valence-corrected chi connectivity index (χ1v) is 11.4. The zero-order valence-electron chi connectivity index (χ0n) is 15.9. The maximum atomic E-state index is 13.2. The lowest BCUT2D eigenvalue weighted by Gasteiger charge is -2.22. The van der Waals surface area contributed by atoms with Crippen LogP contribution in [-0.4, -0.2) is 22.0 Å². The normalized spacial score (nSPS) is 17.9. The van der Waals surface area contributed by atoms with Gasteiger partial charge in [0.15, 0.2) is 0 Å². The molecule has 1 atom stereocenters. The number of para-hydroxylation sites is 1. The Morgan fingerprint density at radius 3 is 2.56 bits per heavy atom. The van der Waals surface area contributed by atoms with Crippen LogP contribution in [0.1, 0.15) is 56.2 Å². The van der Waals surface area contributed by atoms with Crippen molar-refractivity contribution in [2.24, 2.45) is 0 Å². The highest BCUT2D eigenvalue weighted by molar-refractivity contribution is 7.92. The Hall–Kier alpha value is -1.56. The number of hydrogen-bond donors (Lipinski definition) is 1. The molecule has 0 fully saturated rings. The number of rotatable bonds is 7. The molecular weight excluding hydrogens is 380 g/mol. The van der Waals surface area contributed by atoms with Crippen LogP contribution >= 0.6 is 11.6 Å². The topological polar surface area (TPSA) is 49.4 Å². The Kier molecular flexibility index (Phi) is 6.45. The van der Waals surface area contributed by atoms with E-state index in [4.69, 9.17) is 11.6 Å². The molecule has 4 nitrogen and oxygen atoms in total.